The molecule has 0 amide bonds. The number of hydrogen-bond acceptors (Lipinski definition) is 0. The van der Waals surface area contributed by atoms with Crippen LogP contribution in [0.5, 0.6) is 0 Å². The van der Waals surface area contributed by atoms with Crippen LogP contribution in [0.3, 0.4) is 0 Å². The highest BCUT2D eigenvalue weighted by atomic mass is 14.6. The SMILES string of the molecule is CC(C)C(c1ccccc1)c1ccc(C23CC4CC(CC(C4)C2)C3)cc1. The summed E-state index contributed by atoms with van der Waals surface area (Å²) in [6.45, 7) is 4.70. The normalized spacial score (nSPS) is 33.6. The van der Waals surface area contributed by atoms with Crippen molar-refractivity contribution in [2.24, 2.45) is 23.7 Å². The maximum absolute atomic E-state index is 2.50. The molecule has 4 saturated carbocycles. The molecule has 1 unspecified atom stereocenters. The summed E-state index contributed by atoms with van der Waals surface area (Å²) in [7, 11) is 0. The van der Waals surface area contributed by atoms with Gasteiger partial charge < -0.3 is 0 Å². The van der Waals surface area contributed by atoms with Crippen molar-refractivity contribution in [3.8, 4) is 0 Å². The van der Waals surface area contributed by atoms with Crippen LogP contribution < -0.4 is 0 Å². The zero-order valence-electron chi connectivity index (χ0n) is 16.3. The zero-order valence-corrected chi connectivity index (χ0v) is 16.3. The van der Waals surface area contributed by atoms with Crippen molar-refractivity contribution in [1.82, 2.24) is 0 Å². The molecule has 1 atom stereocenters. The molecule has 2 aromatic carbocycles. The highest BCUT2D eigenvalue weighted by molar-refractivity contribution is 5.38. The molecule has 0 aliphatic heterocycles. The van der Waals surface area contributed by atoms with Crippen LogP contribution in [0.4, 0.5) is 0 Å². The first-order chi connectivity index (χ1) is 12.6. The van der Waals surface area contributed by atoms with Crippen LogP contribution in [0, 0.1) is 23.7 Å². The largest absolute Gasteiger partial charge is 0.0622 e. The van der Waals surface area contributed by atoms with Crippen molar-refractivity contribution in [2.45, 2.75) is 63.7 Å². The third-order valence-electron chi connectivity index (χ3n) is 7.75. The Bertz CT molecular complexity index is 717. The van der Waals surface area contributed by atoms with Crippen molar-refractivity contribution in [1.29, 1.82) is 0 Å². The monoisotopic (exact) mass is 344 g/mol. The first-order valence-electron chi connectivity index (χ1n) is 10.8. The molecule has 6 rings (SSSR count). The van der Waals surface area contributed by atoms with Crippen LogP contribution in [0.25, 0.3) is 0 Å². The van der Waals surface area contributed by atoms with E-state index in [9.17, 15) is 0 Å². The van der Waals surface area contributed by atoms with Crippen LogP contribution in [0.15, 0.2) is 54.6 Å². The van der Waals surface area contributed by atoms with Gasteiger partial charge in [-0.3, -0.25) is 0 Å². The molecule has 4 bridgehead atoms. The van der Waals surface area contributed by atoms with E-state index in [-0.39, 0.29) is 0 Å². The smallest absolute Gasteiger partial charge is 0.0112 e. The van der Waals surface area contributed by atoms with Gasteiger partial charge in [0.1, 0.15) is 0 Å². The maximum Gasteiger partial charge on any atom is 0.0112 e. The molecule has 0 saturated heterocycles. The molecule has 0 N–H and O–H groups in total. The Labute approximate surface area is 159 Å². The van der Waals surface area contributed by atoms with Gasteiger partial charge in [-0.05, 0) is 84.3 Å². The van der Waals surface area contributed by atoms with E-state index in [2.05, 4.69) is 68.4 Å². The third-order valence-corrected chi connectivity index (χ3v) is 7.75. The predicted octanol–water partition coefficient (Wildman–Crippen LogP) is 6.94. The Hall–Kier alpha value is -1.56. The lowest BCUT2D eigenvalue weighted by molar-refractivity contribution is -0.00519. The van der Waals surface area contributed by atoms with E-state index >= 15 is 0 Å². The Kier molecular flexibility index (Phi) is 3.99. The lowest BCUT2D eigenvalue weighted by Crippen LogP contribution is -2.48. The van der Waals surface area contributed by atoms with E-state index < -0.39 is 0 Å². The van der Waals surface area contributed by atoms with E-state index in [0.717, 1.165) is 17.8 Å². The van der Waals surface area contributed by atoms with Crippen molar-refractivity contribution < 1.29 is 0 Å². The van der Waals surface area contributed by atoms with E-state index in [1.54, 1.807) is 5.56 Å². The fraction of sp³-hybridized carbons (Fsp3) is 0.538. The van der Waals surface area contributed by atoms with Crippen molar-refractivity contribution >= 4 is 0 Å². The number of rotatable bonds is 4. The van der Waals surface area contributed by atoms with Gasteiger partial charge in [-0.15, -0.1) is 0 Å². The van der Waals surface area contributed by atoms with Crippen LogP contribution in [-0.2, 0) is 5.41 Å². The lowest BCUT2D eigenvalue weighted by Gasteiger charge is -2.57. The molecule has 4 aliphatic carbocycles. The molecule has 4 fully saturated rings. The minimum Gasteiger partial charge on any atom is -0.0622 e. The topological polar surface area (TPSA) is 0 Å². The molecular weight excluding hydrogens is 312 g/mol. The van der Waals surface area contributed by atoms with E-state index in [4.69, 9.17) is 0 Å². The van der Waals surface area contributed by atoms with Gasteiger partial charge in [0.05, 0.1) is 0 Å². The summed E-state index contributed by atoms with van der Waals surface area (Å²) in [6.07, 6.45) is 8.97. The van der Waals surface area contributed by atoms with Gasteiger partial charge in [0.2, 0.25) is 0 Å². The molecule has 4 aliphatic rings. The molecule has 0 aromatic heterocycles. The summed E-state index contributed by atoms with van der Waals surface area (Å²) in [5, 5.41) is 0. The molecule has 0 radical (unpaired) electrons. The molecule has 0 nitrogen and oxygen atoms in total. The molecule has 0 heterocycles. The minimum absolute atomic E-state index is 0.501. The van der Waals surface area contributed by atoms with Gasteiger partial charge in [-0.2, -0.15) is 0 Å². The van der Waals surface area contributed by atoms with Gasteiger partial charge in [0.15, 0.2) is 0 Å². The summed E-state index contributed by atoms with van der Waals surface area (Å²) in [5.74, 6) is 4.18. The molecule has 2 aromatic rings. The summed E-state index contributed by atoms with van der Waals surface area (Å²) < 4.78 is 0. The fourth-order valence-corrected chi connectivity index (χ4v) is 7.13. The van der Waals surface area contributed by atoms with Crippen LogP contribution in [-0.4, -0.2) is 0 Å². The van der Waals surface area contributed by atoms with Gasteiger partial charge >= 0.3 is 0 Å². The molecule has 136 valence electrons. The Morgan fingerprint density at radius 1 is 0.692 bits per heavy atom. The van der Waals surface area contributed by atoms with Crippen LogP contribution in [0.2, 0.25) is 0 Å². The maximum atomic E-state index is 2.50. The fourth-order valence-electron chi connectivity index (χ4n) is 7.13. The second-order valence-electron chi connectivity index (χ2n) is 9.95. The highest BCUT2D eigenvalue weighted by Crippen LogP contribution is 2.60. The Morgan fingerprint density at radius 2 is 1.19 bits per heavy atom. The average Bonchev–Trinajstić information content (AvgIpc) is 2.62. The highest BCUT2D eigenvalue weighted by Gasteiger charge is 2.51. The quantitative estimate of drug-likeness (QED) is 0.563. The Balaban J connectivity index is 1.46. The molecule has 0 heteroatoms. The van der Waals surface area contributed by atoms with Gasteiger partial charge in [-0.25, -0.2) is 0 Å². The third kappa shape index (κ3) is 2.73. The summed E-state index contributed by atoms with van der Waals surface area (Å²) >= 11 is 0. The van der Waals surface area contributed by atoms with Crippen LogP contribution in [0.1, 0.15) is 75.0 Å². The lowest BCUT2D eigenvalue weighted by atomic mass is 9.48. The molecular formula is C26H32. The Morgan fingerprint density at radius 3 is 1.69 bits per heavy atom. The summed E-state index contributed by atoms with van der Waals surface area (Å²) in [5.41, 5.74) is 5.11. The van der Waals surface area contributed by atoms with E-state index in [1.807, 2.05) is 0 Å². The summed E-state index contributed by atoms with van der Waals surface area (Å²) in [4.78, 5) is 0. The van der Waals surface area contributed by atoms with Crippen molar-refractivity contribution in [3.63, 3.8) is 0 Å². The first kappa shape index (κ1) is 16.6. The zero-order chi connectivity index (χ0) is 17.7. The number of hydrogen-bond donors (Lipinski definition) is 0. The number of benzene rings is 2. The van der Waals surface area contributed by atoms with Gasteiger partial charge in [0.25, 0.3) is 0 Å². The van der Waals surface area contributed by atoms with E-state index in [0.29, 0.717) is 17.3 Å². The molecule has 26 heavy (non-hydrogen) atoms. The van der Waals surface area contributed by atoms with Gasteiger partial charge in [0, 0.05) is 5.92 Å². The van der Waals surface area contributed by atoms with E-state index in [1.165, 1.54) is 49.7 Å². The van der Waals surface area contributed by atoms with Crippen molar-refractivity contribution in [3.05, 3.63) is 71.3 Å². The van der Waals surface area contributed by atoms with Gasteiger partial charge in [-0.1, -0.05) is 68.4 Å². The predicted molar refractivity (Wildman–Crippen MR) is 109 cm³/mol. The second-order valence-corrected chi connectivity index (χ2v) is 9.95. The van der Waals surface area contributed by atoms with Crippen LogP contribution >= 0.6 is 0 Å². The minimum atomic E-state index is 0.501. The average molecular weight is 345 g/mol. The summed E-state index contributed by atoms with van der Waals surface area (Å²) in [6, 6.07) is 21.0. The molecule has 0 spiro atoms. The van der Waals surface area contributed by atoms with Crippen molar-refractivity contribution in [2.75, 3.05) is 0 Å². The second kappa shape index (κ2) is 6.25. The first-order valence-corrected chi connectivity index (χ1v) is 10.8. The standard InChI is InChI=1S/C26H32/c1-18(2)25(22-6-4-3-5-7-22)23-8-10-24(11-9-23)26-15-19-12-20(16-26)14-21(13-19)17-26/h3-11,18-21,25H,12-17H2,1-2H3.